The van der Waals surface area contributed by atoms with Crippen molar-refractivity contribution in [1.29, 1.82) is 0 Å². The summed E-state index contributed by atoms with van der Waals surface area (Å²) in [6, 6.07) is -0.708. The lowest BCUT2D eigenvalue weighted by Crippen LogP contribution is -2.59. The van der Waals surface area contributed by atoms with E-state index in [-0.39, 0.29) is 38.4 Å². The van der Waals surface area contributed by atoms with E-state index in [1.807, 2.05) is 0 Å². The molecule has 1 aliphatic rings. The number of aliphatic carboxylic acids is 1. The molecule has 0 aromatic carbocycles. The molecule has 9 nitrogen and oxygen atoms in total. The van der Waals surface area contributed by atoms with Crippen molar-refractivity contribution in [3.8, 4) is 0 Å². The fourth-order valence-electron chi connectivity index (χ4n) is 1.77. The molecule has 1 aliphatic heterocycles. The molecule has 0 saturated carbocycles. The van der Waals surface area contributed by atoms with Gasteiger partial charge in [0, 0.05) is 32.6 Å². The number of carbonyl (C=O) groups excluding carboxylic acids is 1. The number of ether oxygens (including phenoxy) is 1. The monoisotopic (exact) mass is 309 g/mol. The normalized spacial score (nSPS) is 18.2. The highest BCUT2D eigenvalue weighted by atomic mass is 32.2. The van der Waals surface area contributed by atoms with E-state index < -0.39 is 27.6 Å². The quantitative estimate of drug-likeness (QED) is 0.470. The van der Waals surface area contributed by atoms with Gasteiger partial charge in [-0.1, -0.05) is 0 Å². The molecule has 0 unspecified atom stereocenters. The second kappa shape index (κ2) is 6.86. The molecular weight excluding hydrogens is 290 g/mol. The molecule has 116 valence electrons. The van der Waals surface area contributed by atoms with Crippen LogP contribution >= 0.6 is 0 Å². The van der Waals surface area contributed by atoms with E-state index in [0.717, 1.165) is 0 Å². The maximum absolute atomic E-state index is 11.7. The molecule has 1 saturated heterocycles. The van der Waals surface area contributed by atoms with Gasteiger partial charge in [-0.15, -0.1) is 0 Å². The molecule has 0 aromatic heterocycles. The molecule has 10 heteroatoms. The van der Waals surface area contributed by atoms with E-state index in [1.54, 1.807) is 0 Å². The van der Waals surface area contributed by atoms with Gasteiger partial charge >= 0.3 is 12.0 Å². The SMILES string of the molecule is CNS(=O)(=O)CCNC(=O)NC1(C(=O)O)CCOCC1. The highest BCUT2D eigenvalue weighted by Crippen LogP contribution is 2.20. The fraction of sp³-hybridized carbons (Fsp3) is 0.800. The van der Waals surface area contributed by atoms with Gasteiger partial charge in [0.15, 0.2) is 0 Å². The minimum Gasteiger partial charge on any atom is -0.480 e. The summed E-state index contributed by atoms with van der Waals surface area (Å²) in [5.41, 5.74) is -1.36. The predicted molar refractivity (Wildman–Crippen MR) is 69.8 cm³/mol. The molecule has 4 N–H and O–H groups in total. The summed E-state index contributed by atoms with van der Waals surface area (Å²) in [5, 5.41) is 13.9. The van der Waals surface area contributed by atoms with Crippen LogP contribution in [0.15, 0.2) is 0 Å². The molecule has 0 atom stereocenters. The van der Waals surface area contributed by atoms with Gasteiger partial charge in [-0.25, -0.2) is 22.7 Å². The van der Waals surface area contributed by atoms with Crippen LogP contribution in [0.25, 0.3) is 0 Å². The zero-order valence-electron chi connectivity index (χ0n) is 11.1. The van der Waals surface area contributed by atoms with Crippen molar-refractivity contribution in [2.24, 2.45) is 0 Å². The van der Waals surface area contributed by atoms with Crippen LogP contribution in [-0.4, -0.2) is 63.6 Å². The molecule has 1 fully saturated rings. The number of hydrogen-bond donors (Lipinski definition) is 4. The third-order valence-electron chi connectivity index (χ3n) is 3.08. The summed E-state index contributed by atoms with van der Waals surface area (Å²) in [6.07, 6.45) is 0.342. The Hall–Kier alpha value is -1.39. The number of carbonyl (C=O) groups is 2. The minimum atomic E-state index is -3.41. The lowest BCUT2D eigenvalue weighted by Gasteiger charge is -2.33. The Kier molecular flexibility index (Phi) is 5.72. The van der Waals surface area contributed by atoms with E-state index in [2.05, 4.69) is 15.4 Å². The van der Waals surface area contributed by atoms with Crippen molar-refractivity contribution in [2.75, 3.05) is 32.6 Å². The molecule has 1 heterocycles. The van der Waals surface area contributed by atoms with Crippen LogP contribution in [0, 0.1) is 0 Å². The van der Waals surface area contributed by atoms with Gasteiger partial charge in [-0.2, -0.15) is 0 Å². The van der Waals surface area contributed by atoms with E-state index in [0.29, 0.717) is 0 Å². The molecule has 1 rings (SSSR count). The number of urea groups is 1. The molecule has 0 spiro atoms. The largest absolute Gasteiger partial charge is 0.480 e. The molecular formula is C10H19N3O6S. The third kappa shape index (κ3) is 4.62. The van der Waals surface area contributed by atoms with Gasteiger partial charge < -0.3 is 20.5 Å². The summed E-state index contributed by atoms with van der Waals surface area (Å²) < 4.78 is 29.5. The summed E-state index contributed by atoms with van der Waals surface area (Å²) in [5.74, 6) is -1.40. The van der Waals surface area contributed by atoms with Crippen molar-refractivity contribution in [3.63, 3.8) is 0 Å². The van der Waals surface area contributed by atoms with E-state index in [4.69, 9.17) is 4.74 Å². The average molecular weight is 309 g/mol. The number of rotatable bonds is 6. The number of hydrogen-bond acceptors (Lipinski definition) is 5. The van der Waals surface area contributed by atoms with Crippen molar-refractivity contribution in [1.82, 2.24) is 15.4 Å². The van der Waals surface area contributed by atoms with Crippen LogP contribution < -0.4 is 15.4 Å². The van der Waals surface area contributed by atoms with Crippen molar-refractivity contribution in [2.45, 2.75) is 18.4 Å². The second-order valence-electron chi connectivity index (χ2n) is 4.40. The Bertz CT molecular complexity index is 458. The Morgan fingerprint density at radius 2 is 1.90 bits per heavy atom. The van der Waals surface area contributed by atoms with Gasteiger partial charge in [-0.3, -0.25) is 0 Å². The van der Waals surface area contributed by atoms with Gasteiger partial charge in [0.1, 0.15) is 5.54 Å². The maximum Gasteiger partial charge on any atom is 0.329 e. The smallest absolute Gasteiger partial charge is 0.329 e. The topological polar surface area (TPSA) is 134 Å². The summed E-state index contributed by atoms with van der Waals surface area (Å²) in [4.78, 5) is 22.9. The van der Waals surface area contributed by atoms with Crippen LogP contribution in [0.5, 0.6) is 0 Å². The molecule has 2 amide bonds. The zero-order chi connectivity index (χ0) is 15.2. The van der Waals surface area contributed by atoms with Crippen molar-refractivity contribution < 1.29 is 27.9 Å². The van der Waals surface area contributed by atoms with E-state index in [1.165, 1.54) is 7.05 Å². The van der Waals surface area contributed by atoms with Crippen LogP contribution in [0.2, 0.25) is 0 Å². The number of amides is 2. The minimum absolute atomic E-state index is 0.110. The highest BCUT2D eigenvalue weighted by Gasteiger charge is 2.41. The van der Waals surface area contributed by atoms with Gasteiger partial charge in [0.25, 0.3) is 0 Å². The maximum atomic E-state index is 11.7. The van der Waals surface area contributed by atoms with Gasteiger partial charge in [-0.05, 0) is 7.05 Å². The third-order valence-corrected chi connectivity index (χ3v) is 4.44. The summed E-state index contributed by atoms with van der Waals surface area (Å²) in [7, 11) is -2.13. The van der Waals surface area contributed by atoms with Gasteiger partial charge in [0.2, 0.25) is 10.0 Å². The predicted octanol–water partition coefficient (Wildman–Crippen LogP) is -1.53. The first-order valence-corrected chi connectivity index (χ1v) is 7.75. The molecule has 0 aliphatic carbocycles. The number of nitrogens with one attached hydrogen (secondary N) is 3. The molecule has 20 heavy (non-hydrogen) atoms. The second-order valence-corrected chi connectivity index (χ2v) is 6.45. The lowest BCUT2D eigenvalue weighted by molar-refractivity contribution is -0.148. The number of sulfonamides is 1. The summed E-state index contributed by atoms with van der Waals surface area (Å²) in [6.45, 7) is 0.392. The lowest BCUT2D eigenvalue weighted by atomic mass is 9.90. The van der Waals surface area contributed by atoms with E-state index >= 15 is 0 Å². The zero-order valence-corrected chi connectivity index (χ0v) is 12.0. The molecule has 0 aromatic rings. The number of carboxylic acids is 1. The Morgan fingerprint density at radius 1 is 1.30 bits per heavy atom. The van der Waals surface area contributed by atoms with Crippen molar-refractivity contribution >= 4 is 22.0 Å². The fourth-order valence-corrected chi connectivity index (χ4v) is 2.35. The van der Waals surface area contributed by atoms with Crippen molar-refractivity contribution in [3.05, 3.63) is 0 Å². The average Bonchev–Trinajstić information content (AvgIpc) is 2.39. The Balaban J connectivity index is 2.49. The number of carboxylic acid groups (broad SMARTS) is 1. The first-order valence-electron chi connectivity index (χ1n) is 6.10. The van der Waals surface area contributed by atoms with Crippen LogP contribution in [0.3, 0.4) is 0 Å². The van der Waals surface area contributed by atoms with Crippen LogP contribution in [-0.2, 0) is 19.6 Å². The van der Waals surface area contributed by atoms with Crippen LogP contribution in [0.1, 0.15) is 12.8 Å². The first kappa shape index (κ1) is 16.7. The highest BCUT2D eigenvalue weighted by molar-refractivity contribution is 7.89. The Labute approximate surface area is 117 Å². The standard InChI is InChI=1S/C10H19N3O6S/c1-11-20(17,18)7-4-12-9(16)13-10(8(14)15)2-5-19-6-3-10/h11H,2-7H2,1H3,(H,14,15)(H2,12,13,16). The van der Waals surface area contributed by atoms with Crippen LogP contribution in [0.4, 0.5) is 4.79 Å². The van der Waals surface area contributed by atoms with E-state index in [9.17, 15) is 23.1 Å². The first-order chi connectivity index (χ1) is 9.31. The summed E-state index contributed by atoms with van der Waals surface area (Å²) >= 11 is 0. The Morgan fingerprint density at radius 3 is 2.40 bits per heavy atom. The van der Waals surface area contributed by atoms with Gasteiger partial charge in [0.05, 0.1) is 5.75 Å². The molecule has 0 radical (unpaired) electrons. The molecule has 0 bridgehead atoms.